The van der Waals surface area contributed by atoms with Crippen molar-refractivity contribution in [1.29, 1.82) is 0 Å². The van der Waals surface area contributed by atoms with Gasteiger partial charge in [0, 0.05) is 40.8 Å². The Labute approximate surface area is 185 Å². The maximum absolute atomic E-state index is 14.1. The number of carbonyl (C=O) groups is 1. The van der Waals surface area contributed by atoms with Crippen molar-refractivity contribution in [3.05, 3.63) is 46.0 Å². The van der Waals surface area contributed by atoms with Gasteiger partial charge in [0.15, 0.2) is 0 Å². The summed E-state index contributed by atoms with van der Waals surface area (Å²) in [5.41, 5.74) is 0.0422. The summed E-state index contributed by atoms with van der Waals surface area (Å²) in [6.45, 7) is 1.67. The summed E-state index contributed by atoms with van der Waals surface area (Å²) in [6.07, 6.45) is -1.62. The molecule has 0 radical (unpaired) electrons. The zero-order chi connectivity index (χ0) is 22.1. The number of halogens is 6. The predicted octanol–water partition coefficient (Wildman–Crippen LogP) is 5.59. The van der Waals surface area contributed by atoms with Crippen LogP contribution in [0.5, 0.6) is 0 Å². The van der Waals surface area contributed by atoms with Gasteiger partial charge in [-0.05, 0) is 18.2 Å². The summed E-state index contributed by atoms with van der Waals surface area (Å²) in [5, 5.41) is 7.30. The molecule has 5 nitrogen and oxygen atoms in total. The first-order valence-electron chi connectivity index (χ1n) is 9.01. The second-order valence-corrected chi connectivity index (χ2v) is 8.27. The van der Waals surface area contributed by atoms with E-state index in [0.29, 0.717) is 5.71 Å². The molecule has 0 spiro atoms. The van der Waals surface area contributed by atoms with Gasteiger partial charge < -0.3 is 4.84 Å². The number of hydrogen-bond acceptors (Lipinski definition) is 4. The van der Waals surface area contributed by atoms with Gasteiger partial charge in [-0.15, -0.1) is 11.6 Å². The van der Waals surface area contributed by atoms with Gasteiger partial charge >= 0.3 is 6.18 Å². The highest BCUT2D eigenvalue weighted by molar-refractivity contribution is 6.35. The third-order valence-corrected chi connectivity index (χ3v) is 5.70. The molecule has 0 aromatic heterocycles. The lowest BCUT2D eigenvalue weighted by molar-refractivity contribution is -0.275. The molecule has 0 saturated heterocycles. The molecule has 1 amide bonds. The van der Waals surface area contributed by atoms with Crippen molar-refractivity contribution in [2.45, 2.75) is 43.3 Å². The second-order valence-electron chi connectivity index (χ2n) is 6.92. The fourth-order valence-corrected chi connectivity index (χ4v) is 3.96. The van der Waals surface area contributed by atoms with Crippen LogP contribution in [0.15, 0.2) is 40.6 Å². The molecule has 1 aliphatic heterocycles. The van der Waals surface area contributed by atoms with Gasteiger partial charge in [0.1, 0.15) is 0 Å². The van der Waals surface area contributed by atoms with Crippen LogP contribution < -0.4 is 5.43 Å². The van der Waals surface area contributed by atoms with Crippen LogP contribution in [0.25, 0.3) is 0 Å². The molecule has 3 atom stereocenters. The summed E-state index contributed by atoms with van der Waals surface area (Å²) in [7, 11) is 0. The Morgan fingerprint density at radius 1 is 1.30 bits per heavy atom. The molecular weight excluding hydrogens is 466 g/mol. The molecule has 0 bridgehead atoms. The lowest BCUT2D eigenvalue weighted by Gasteiger charge is -2.30. The number of allylic oxidation sites excluding steroid dienone is 2. The van der Waals surface area contributed by atoms with Gasteiger partial charge in [-0.25, -0.2) is 5.43 Å². The number of alkyl halides is 4. The Kier molecular flexibility index (Phi) is 6.69. The highest BCUT2D eigenvalue weighted by atomic mass is 35.5. The van der Waals surface area contributed by atoms with E-state index in [4.69, 9.17) is 39.6 Å². The topological polar surface area (TPSA) is 63.0 Å². The number of benzene rings is 1. The van der Waals surface area contributed by atoms with E-state index in [1.807, 2.05) is 0 Å². The minimum Gasteiger partial charge on any atom is -0.374 e. The second kappa shape index (κ2) is 8.77. The average molecular weight is 483 g/mol. The van der Waals surface area contributed by atoms with Crippen LogP contribution in [0, 0.1) is 5.92 Å². The zero-order valence-corrected chi connectivity index (χ0v) is 17.9. The Morgan fingerprint density at radius 2 is 1.97 bits per heavy atom. The van der Waals surface area contributed by atoms with Crippen molar-refractivity contribution in [3.8, 4) is 0 Å². The molecule has 11 heteroatoms. The maximum Gasteiger partial charge on any atom is 0.435 e. The summed E-state index contributed by atoms with van der Waals surface area (Å²) in [6, 6.07) is 3.67. The molecular formula is C19H17Cl3F3N3O2. The van der Waals surface area contributed by atoms with Crippen molar-refractivity contribution in [3.63, 3.8) is 0 Å². The average Bonchev–Trinajstić information content (AvgIpc) is 3.13. The van der Waals surface area contributed by atoms with Gasteiger partial charge in [-0.1, -0.05) is 47.4 Å². The monoisotopic (exact) mass is 481 g/mol. The van der Waals surface area contributed by atoms with E-state index in [1.165, 1.54) is 6.07 Å². The summed E-state index contributed by atoms with van der Waals surface area (Å²) in [5.74, 6) is -0.816. The van der Waals surface area contributed by atoms with Gasteiger partial charge in [0.25, 0.3) is 5.60 Å². The van der Waals surface area contributed by atoms with Crippen molar-refractivity contribution in [1.82, 2.24) is 5.43 Å². The number of rotatable bonds is 4. The lowest BCUT2D eigenvalue weighted by atomic mass is 9.81. The molecule has 30 heavy (non-hydrogen) atoms. The Hall–Kier alpha value is -1.77. The van der Waals surface area contributed by atoms with Crippen LogP contribution in [-0.2, 0) is 15.2 Å². The fourth-order valence-electron chi connectivity index (χ4n) is 3.21. The molecule has 1 aliphatic carbocycles. The number of hydrazone groups is 1. The Morgan fingerprint density at radius 3 is 2.57 bits per heavy atom. The smallest absolute Gasteiger partial charge is 0.374 e. The van der Waals surface area contributed by atoms with Crippen molar-refractivity contribution < 1.29 is 22.8 Å². The van der Waals surface area contributed by atoms with Gasteiger partial charge in [-0.3, -0.25) is 4.79 Å². The molecule has 162 valence electrons. The highest BCUT2D eigenvalue weighted by Gasteiger charge is 2.62. The molecule has 1 aromatic rings. The number of carbonyl (C=O) groups excluding carboxylic acids is 1. The largest absolute Gasteiger partial charge is 0.435 e. The highest BCUT2D eigenvalue weighted by Crippen LogP contribution is 2.50. The first kappa shape index (κ1) is 22.9. The van der Waals surface area contributed by atoms with Crippen LogP contribution >= 0.6 is 34.8 Å². The minimum absolute atomic E-state index is 0.0572. The summed E-state index contributed by atoms with van der Waals surface area (Å²) in [4.78, 5) is 16.5. The minimum atomic E-state index is -4.77. The van der Waals surface area contributed by atoms with Crippen LogP contribution in [-0.4, -0.2) is 28.9 Å². The van der Waals surface area contributed by atoms with Gasteiger partial charge in [0.2, 0.25) is 5.91 Å². The Bertz CT molecular complexity index is 913. The van der Waals surface area contributed by atoms with E-state index in [0.717, 1.165) is 12.1 Å². The van der Waals surface area contributed by atoms with Crippen LogP contribution in [0.1, 0.15) is 31.7 Å². The third-order valence-electron chi connectivity index (χ3n) is 4.87. The number of hydrogen-bond donors (Lipinski definition) is 1. The molecule has 0 fully saturated rings. The van der Waals surface area contributed by atoms with Crippen LogP contribution in [0.4, 0.5) is 13.2 Å². The van der Waals surface area contributed by atoms with E-state index in [-0.39, 0.29) is 40.1 Å². The quantitative estimate of drug-likeness (QED) is 0.345. The summed E-state index contributed by atoms with van der Waals surface area (Å²) < 4.78 is 42.3. The predicted molar refractivity (Wildman–Crippen MR) is 110 cm³/mol. The van der Waals surface area contributed by atoms with Gasteiger partial charge in [0.05, 0.1) is 16.8 Å². The Balaban J connectivity index is 1.87. The molecule has 0 saturated carbocycles. The number of nitrogens with one attached hydrogen (secondary N) is 1. The van der Waals surface area contributed by atoms with Gasteiger partial charge in [-0.2, -0.15) is 18.3 Å². The molecule has 1 N–H and O–H groups in total. The summed E-state index contributed by atoms with van der Waals surface area (Å²) >= 11 is 18.0. The van der Waals surface area contributed by atoms with Crippen LogP contribution in [0.3, 0.4) is 0 Å². The third kappa shape index (κ3) is 4.60. The van der Waals surface area contributed by atoms with E-state index < -0.39 is 29.5 Å². The number of nitrogens with zero attached hydrogens (tertiary/aromatic N) is 2. The first-order chi connectivity index (χ1) is 14.1. The maximum atomic E-state index is 14.1. The standard InChI is InChI=1S/C19H17Cl3F3N3O2/c1-2-17(29)27-26-15-5-10(3-4-14(15)22)16-9-18(30-28-16,19(23,24)25)11-6-12(20)8-13(21)7-11/h3-4,6-8,10,14H,2,5,9H2,1H3,(H,27,29)/b26-15+. The molecule has 1 heterocycles. The van der Waals surface area contributed by atoms with E-state index in [1.54, 1.807) is 19.1 Å². The number of oxime groups is 1. The molecule has 3 rings (SSSR count). The first-order valence-corrected chi connectivity index (χ1v) is 10.2. The molecule has 2 aliphatic rings. The lowest BCUT2D eigenvalue weighted by Crippen LogP contribution is -2.43. The molecule has 3 unspecified atom stereocenters. The fraction of sp³-hybridized carbons (Fsp3) is 0.421. The van der Waals surface area contributed by atoms with E-state index >= 15 is 0 Å². The van der Waals surface area contributed by atoms with Crippen molar-refractivity contribution in [2.24, 2.45) is 16.2 Å². The van der Waals surface area contributed by atoms with Crippen molar-refractivity contribution in [2.75, 3.05) is 0 Å². The normalized spacial score (nSPS) is 27.7. The SMILES string of the molecule is CCC(=O)N/N=C1\CC(C2=NOC(c3cc(Cl)cc(Cl)c3)(C(F)(F)F)C2)C=CC1Cl. The van der Waals surface area contributed by atoms with Crippen LogP contribution in [0.2, 0.25) is 10.0 Å². The van der Waals surface area contributed by atoms with Crippen molar-refractivity contribution >= 4 is 52.1 Å². The zero-order valence-electron chi connectivity index (χ0n) is 15.6. The van der Waals surface area contributed by atoms with E-state index in [2.05, 4.69) is 15.7 Å². The number of amides is 1. The van der Waals surface area contributed by atoms with E-state index in [9.17, 15) is 18.0 Å². The molecule has 1 aromatic carbocycles.